The van der Waals surface area contributed by atoms with E-state index in [4.69, 9.17) is 4.74 Å². The van der Waals surface area contributed by atoms with Gasteiger partial charge >= 0.3 is 0 Å². The Hall–Kier alpha value is -3.45. The first-order valence-corrected chi connectivity index (χ1v) is 9.72. The predicted molar refractivity (Wildman–Crippen MR) is 112 cm³/mol. The topological polar surface area (TPSA) is 84.1 Å². The van der Waals surface area contributed by atoms with Gasteiger partial charge in [-0.1, -0.05) is 36.4 Å². The molecule has 1 atom stereocenters. The van der Waals surface area contributed by atoms with E-state index < -0.39 is 17.7 Å². The molecule has 0 aliphatic carbocycles. The maximum Gasteiger partial charge on any atom is 0.295 e. The number of ether oxygens (including phenoxy) is 1. The van der Waals surface area contributed by atoms with Crippen molar-refractivity contribution in [2.24, 2.45) is 0 Å². The predicted octanol–water partition coefficient (Wildman–Crippen LogP) is 3.02. The van der Waals surface area contributed by atoms with Crippen LogP contribution < -0.4 is 0 Å². The van der Waals surface area contributed by atoms with Gasteiger partial charge in [-0.05, 0) is 31.0 Å². The molecule has 1 fully saturated rings. The minimum Gasteiger partial charge on any atom is -0.505 e. The Kier molecular flexibility index (Phi) is 5.13. The second kappa shape index (κ2) is 7.76. The molecule has 1 aromatic carbocycles. The normalized spacial score (nSPS) is 18.5. The van der Waals surface area contributed by atoms with Crippen LogP contribution in [0.4, 0.5) is 0 Å². The van der Waals surface area contributed by atoms with Gasteiger partial charge in [0, 0.05) is 19.9 Å². The summed E-state index contributed by atoms with van der Waals surface area (Å²) >= 11 is 0. The first kappa shape index (κ1) is 19.8. The van der Waals surface area contributed by atoms with Gasteiger partial charge in [-0.3, -0.25) is 9.59 Å². The molecule has 154 valence electrons. The number of pyridine rings is 1. The van der Waals surface area contributed by atoms with E-state index in [0.717, 1.165) is 11.1 Å². The van der Waals surface area contributed by atoms with E-state index in [0.29, 0.717) is 17.0 Å². The molecule has 1 aliphatic heterocycles. The first-order valence-electron chi connectivity index (χ1n) is 9.72. The summed E-state index contributed by atoms with van der Waals surface area (Å²) in [4.78, 5) is 31.8. The lowest BCUT2D eigenvalue weighted by molar-refractivity contribution is -0.140. The van der Waals surface area contributed by atoms with Gasteiger partial charge in [-0.15, -0.1) is 0 Å². The number of nitrogens with zero attached hydrogens (tertiary/aromatic N) is 3. The SMILES string of the molecule is COCCN1C(=O)C(=O)/C(=C(/O)c2nc3c(C)cccn3c2C)C1c1ccccc1. The van der Waals surface area contributed by atoms with Crippen molar-refractivity contribution in [1.82, 2.24) is 14.3 Å². The van der Waals surface area contributed by atoms with E-state index >= 15 is 0 Å². The molecule has 0 saturated carbocycles. The van der Waals surface area contributed by atoms with Crippen LogP contribution in [0, 0.1) is 13.8 Å². The minimum absolute atomic E-state index is 0.0477. The van der Waals surface area contributed by atoms with Crippen molar-refractivity contribution in [1.29, 1.82) is 0 Å². The van der Waals surface area contributed by atoms with Crippen molar-refractivity contribution >= 4 is 23.1 Å². The van der Waals surface area contributed by atoms with Crippen molar-refractivity contribution in [3.63, 3.8) is 0 Å². The smallest absolute Gasteiger partial charge is 0.295 e. The molecule has 3 aromatic rings. The molecular weight excluding hydrogens is 382 g/mol. The van der Waals surface area contributed by atoms with Gasteiger partial charge in [0.15, 0.2) is 5.76 Å². The van der Waals surface area contributed by atoms with Crippen molar-refractivity contribution in [3.8, 4) is 0 Å². The maximum atomic E-state index is 13.0. The number of hydrogen-bond donors (Lipinski definition) is 1. The summed E-state index contributed by atoms with van der Waals surface area (Å²) in [6.45, 7) is 4.27. The number of carbonyl (C=O) groups excluding carboxylic acids is 2. The van der Waals surface area contributed by atoms with Gasteiger partial charge in [-0.25, -0.2) is 4.98 Å². The highest BCUT2D eigenvalue weighted by Gasteiger charge is 2.46. The van der Waals surface area contributed by atoms with Crippen LogP contribution in [0.15, 0.2) is 54.2 Å². The third-order valence-electron chi connectivity index (χ3n) is 5.50. The Morgan fingerprint density at radius 3 is 2.53 bits per heavy atom. The number of rotatable bonds is 5. The quantitative estimate of drug-likeness (QED) is 0.401. The Labute approximate surface area is 174 Å². The minimum atomic E-state index is -0.717. The van der Waals surface area contributed by atoms with Gasteiger partial charge in [0.2, 0.25) is 0 Å². The summed E-state index contributed by atoms with van der Waals surface area (Å²) in [5.41, 5.74) is 3.43. The fourth-order valence-corrected chi connectivity index (χ4v) is 3.96. The highest BCUT2D eigenvalue weighted by molar-refractivity contribution is 6.46. The highest BCUT2D eigenvalue weighted by atomic mass is 16.5. The number of likely N-dealkylation sites (tertiary alicyclic amines) is 1. The molecule has 4 rings (SSSR count). The zero-order chi connectivity index (χ0) is 21.4. The molecule has 1 aliphatic rings. The van der Waals surface area contributed by atoms with Crippen molar-refractivity contribution in [2.75, 3.05) is 20.3 Å². The van der Waals surface area contributed by atoms with Gasteiger partial charge in [0.25, 0.3) is 11.7 Å². The molecule has 1 amide bonds. The number of aromatic nitrogens is 2. The van der Waals surface area contributed by atoms with E-state index in [2.05, 4.69) is 4.98 Å². The maximum absolute atomic E-state index is 13.0. The molecule has 0 bridgehead atoms. The lowest BCUT2D eigenvalue weighted by atomic mass is 9.96. The number of aliphatic hydroxyl groups excluding tert-OH is 1. The molecule has 0 radical (unpaired) electrons. The third-order valence-corrected chi connectivity index (χ3v) is 5.50. The number of carbonyl (C=O) groups is 2. The Balaban J connectivity index is 1.93. The number of Topliss-reactive ketones (excluding diaryl/α,β-unsaturated/α-hetero) is 1. The lowest BCUT2D eigenvalue weighted by Crippen LogP contribution is -2.32. The number of aryl methyl sites for hydroxylation is 2. The van der Waals surface area contributed by atoms with E-state index in [1.54, 1.807) is 0 Å². The largest absolute Gasteiger partial charge is 0.505 e. The second-order valence-electron chi connectivity index (χ2n) is 7.33. The summed E-state index contributed by atoms with van der Waals surface area (Å²) in [5.74, 6) is -1.63. The number of fused-ring (bicyclic) bond motifs is 1. The monoisotopic (exact) mass is 405 g/mol. The number of methoxy groups -OCH3 is 1. The van der Waals surface area contributed by atoms with Crippen LogP contribution in [-0.2, 0) is 14.3 Å². The molecule has 30 heavy (non-hydrogen) atoms. The van der Waals surface area contributed by atoms with Crippen molar-refractivity contribution in [2.45, 2.75) is 19.9 Å². The summed E-state index contributed by atoms with van der Waals surface area (Å²) in [7, 11) is 1.54. The van der Waals surface area contributed by atoms with Gasteiger partial charge in [-0.2, -0.15) is 0 Å². The molecule has 3 heterocycles. The number of imidazole rings is 1. The number of amides is 1. The summed E-state index contributed by atoms with van der Waals surface area (Å²) < 4.78 is 6.99. The summed E-state index contributed by atoms with van der Waals surface area (Å²) in [6.07, 6.45) is 1.85. The average molecular weight is 405 g/mol. The second-order valence-corrected chi connectivity index (χ2v) is 7.33. The van der Waals surface area contributed by atoms with Crippen LogP contribution in [0.2, 0.25) is 0 Å². The van der Waals surface area contributed by atoms with E-state index in [9.17, 15) is 14.7 Å². The number of ketones is 1. The van der Waals surface area contributed by atoms with E-state index in [1.165, 1.54) is 12.0 Å². The number of hydrogen-bond acceptors (Lipinski definition) is 5. The summed E-state index contributed by atoms with van der Waals surface area (Å²) in [6, 6.07) is 12.3. The van der Waals surface area contributed by atoms with Crippen molar-refractivity contribution in [3.05, 3.63) is 76.7 Å². The lowest BCUT2D eigenvalue weighted by Gasteiger charge is -2.24. The molecule has 7 nitrogen and oxygen atoms in total. The van der Waals surface area contributed by atoms with Crippen LogP contribution in [-0.4, -0.2) is 51.3 Å². The molecular formula is C23H23N3O4. The van der Waals surface area contributed by atoms with Crippen LogP contribution in [0.1, 0.15) is 28.6 Å². The Bertz CT molecular complexity index is 1160. The third kappa shape index (κ3) is 3.07. The molecule has 1 N–H and O–H groups in total. The molecule has 7 heteroatoms. The van der Waals surface area contributed by atoms with Gasteiger partial charge in [0.1, 0.15) is 11.3 Å². The van der Waals surface area contributed by atoms with Crippen LogP contribution in [0.3, 0.4) is 0 Å². The number of aliphatic hydroxyl groups is 1. The fourth-order valence-electron chi connectivity index (χ4n) is 3.96. The van der Waals surface area contributed by atoms with E-state index in [1.807, 2.05) is 66.9 Å². The average Bonchev–Trinajstić information content (AvgIpc) is 3.22. The Morgan fingerprint density at radius 2 is 1.87 bits per heavy atom. The molecule has 1 saturated heterocycles. The van der Waals surface area contributed by atoms with Gasteiger partial charge < -0.3 is 19.1 Å². The summed E-state index contributed by atoms with van der Waals surface area (Å²) in [5, 5.41) is 11.2. The van der Waals surface area contributed by atoms with Crippen LogP contribution in [0.25, 0.3) is 11.4 Å². The zero-order valence-electron chi connectivity index (χ0n) is 17.1. The highest BCUT2D eigenvalue weighted by Crippen LogP contribution is 2.39. The van der Waals surface area contributed by atoms with Gasteiger partial charge in [0.05, 0.1) is 23.9 Å². The Morgan fingerprint density at radius 1 is 1.13 bits per heavy atom. The standard InChI is InChI=1S/C23H23N3O4/c1-14-8-7-11-25-15(2)18(24-22(14)25)20(27)17-19(16-9-5-4-6-10-16)26(12-13-30-3)23(29)21(17)28/h4-11,19,27H,12-13H2,1-3H3/b20-17+. The zero-order valence-corrected chi connectivity index (χ0v) is 17.1. The first-order chi connectivity index (χ1) is 14.5. The molecule has 1 unspecified atom stereocenters. The van der Waals surface area contributed by atoms with Crippen molar-refractivity contribution < 1.29 is 19.4 Å². The fraction of sp³-hybridized carbons (Fsp3) is 0.261. The van der Waals surface area contributed by atoms with Crippen LogP contribution >= 0.6 is 0 Å². The van der Waals surface area contributed by atoms with Crippen LogP contribution in [0.5, 0.6) is 0 Å². The van der Waals surface area contributed by atoms with E-state index in [-0.39, 0.29) is 24.5 Å². The molecule has 0 spiro atoms. The number of benzene rings is 1. The molecule has 2 aromatic heterocycles.